The smallest absolute Gasteiger partial charge is 0.350 e. The van der Waals surface area contributed by atoms with E-state index < -0.39 is 29.6 Å². The third-order valence-electron chi connectivity index (χ3n) is 5.78. The van der Waals surface area contributed by atoms with E-state index in [1.807, 2.05) is 0 Å². The average Bonchev–Trinajstić information content (AvgIpc) is 3.24. The van der Waals surface area contributed by atoms with Crippen molar-refractivity contribution >= 4 is 17.5 Å². The van der Waals surface area contributed by atoms with Gasteiger partial charge in [0.05, 0.1) is 18.7 Å². The first-order valence-corrected chi connectivity index (χ1v) is 12.2. The maximum absolute atomic E-state index is 15.3. The minimum Gasteiger partial charge on any atom is -0.497 e. The van der Waals surface area contributed by atoms with E-state index in [1.165, 1.54) is 19.5 Å². The first-order valence-electron chi connectivity index (χ1n) is 12.2. The molecule has 0 spiro atoms. The first-order chi connectivity index (χ1) is 19.7. The molecule has 15 heteroatoms. The van der Waals surface area contributed by atoms with Crippen LogP contribution in [0.15, 0.2) is 82.8 Å². The number of allylic oxidation sites excluding steroid dienone is 2. The lowest BCUT2D eigenvalue weighted by molar-refractivity contribution is -0.134. The van der Waals surface area contributed by atoms with Crippen molar-refractivity contribution in [1.29, 1.82) is 5.41 Å². The third kappa shape index (κ3) is 6.76. The predicted molar refractivity (Wildman–Crippen MR) is 144 cm³/mol. The Bertz CT molecular complexity index is 1560. The fraction of sp³-hybridized carbons (Fsp3) is 0.231. The molecular formula is C26H27FN8O6. The summed E-state index contributed by atoms with van der Waals surface area (Å²) in [6.45, 7) is 1.26. The largest absolute Gasteiger partial charge is 0.497 e. The fourth-order valence-corrected chi connectivity index (χ4v) is 4.05. The maximum atomic E-state index is 15.3. The van der Waals surface area contributed by atoms with Gasteiger partial charge in [0.25, 0.3) is 17.9 Å². The summed E-state index contributed by atoms with van der Waals surface area (Å²) in [6.07, 6.45) is 6.25. The lowest BCUT2D eigenvalue weighted by Crippen LogP contribution is -2.27. The number of amidine groups is 1. The number of anilines is 1. The maximum Gasteiger partial charge on any atom is 0.350 e. The highest BCUT2D eigenvalue weighted by atomic mass is 19.1. The van der Waals surface area contributed by atoms with Gasteiger partial charge in [0, 0.05) is 42.6 Å². The molecule has 0 fully saturated rings. The van der Waals surface area contributed by atoms with E-state index in [4.69, 9.17) is 35.3 Å². The summed E-state index contributed by atoms with van der Waals surface area (Å²) in [5.74, 6) is -0.754. The summed E-state index contributed by atoms with van der Waals surface area (Å²) < 4.78 is 32.7. The zero-order valence-electron chi connectivity index (χ0n) is 22.0. The SMILES string of the molecule is CC(=O)O.COC1=CC([C@H](Nc2ccc(C(=N)N)cc2)c2nn(-c3ncccn3)c(=O)[nH]2)C2=C(F)OCCOC2=C1. The van der Waals surface area contributed by atoms with E-state index in [0.29, 0.717) is 17.0 Å². The molecule has 0 saturated carbocycles. The number of fused-ring (bicyclic) bond motifs is 1. The van der Waals surface area contributed by atoms with Crippen molar-refractivity contribution in [3.63, 3.8) is 0 Å². The minimum atomic E-state index is -0.833. The Labute approximate surface area is 232 Å². The Morgan fingerprint density at radius 2 is 1.93 bits per heavy atom. The Morgan fingerprint density at radius 3 is 2.56 bits per heavy atom. The van der Waals surface area contributed by atoms with E-state index in [9.17, 15) is 4.79 Å². The number of ether oxygens (including phenoxy) is 3. The molecule has 3 aromatic rings. The molecule has 1 aliphatic carbocycles. The van der Waals surface area contributed by atoms with Gasteiger partial charge >= 0.3 is 5.69 Å². The van der Waals surface area contributed by atoms with Crippen molar-refractivity contribution in [1.82, 2.24) is 24.7 Å². The molecule has 0 radical (unpaired) electrons. The van der Waals surface area contributed by atoms with Gasteiger partial charge in [-0.15, -0.1) is 9.78 Å². The molecule has 2 aromatic heterocycles. The molecule has 0 saturated heterocycles. The van der Waals surface area contributed by atoms with Crippen LogP contribution < -0.4 is 16.7 Å². The number of aromatic nitrogens is 5. The van der Waals surface area contributed by atoms with Crippen LogP contribution in [-0.4, -0.2) is 62.0 Å². The van der Waals surface area contributed by atoms with Crippen LogP contribution in [0, 0.1) is 11.3 Å². The quantitative estimate of drug-likeness (QED) is 0.207. The molecule has 41 heavy (non-hydrogen) atoms. The van der Waals surface area contributed by atoms with E-state index in [0.717, 1.165) is 11.6 Å². The number of carboxylic acids is 1. The summed E-state index contributed by atoms with van der Waals surface area (Å²) >= 11 is 0. The van der Waals surface area contributed by atoms with Gasteiger partial charge in [-0.1, -0.05) is 0 Å². The third-order valence-corrected chi connectivity index (χ3v) is 5.78. The molecule has 2 aliphatic rings. The van der Waals surface area contributed by atoms with Gasteiger partial charge in [0.15, 0.2) is 5.82 Å². The normalized spacial score (nSPS) is 16.7. The van der Waals surface area contributed by atoms with Crippen LogP contribution in [-0.2, 0) is 19.0 Å². The van der Waals surface area contributed by atoms with Crippen LogP contribution in [0.4, 0.5) is 10.1 Å². The number of aliphatic carboxylic acids is 1. The summed E-state index contributed by atoms with van der Waals surface area (Å²) in [5.41, 5.74) is 6.27. The van der Waals surface area contributed by atoms with Gasteiger partial charge in [-0.3, -0.25) is 15.2 Å². The highest BCUT2D eigenvalue weighted by molar-refractivity contribution is 5.95. The molecule has 0 bridgehead atoms. The topological polar surface area (TPSA) is 203 Å². The summed E-state index contributed by atoms with van der Waals surface area (Å²) in [7, 11) is 1.49. The number of H-pyrrole nitrogens is 1. The molecule has 214 valence electrons. The Hall–Kier alpha value is -5.47. The van der Waals surface area contributed by atoms with Crippen LogP contribution in [0.5, 0.6) is 0 Å². The summed E-state index contributed by atoms with van der Waals surface area (Å²) in [4.78, 5) is 32.7. The highest BCUT2D eigenvalue weighted by Crippen LogP contribution is 2.41. The number of hydrogen-bond donors (Lipinski definition) is 5. The number of nitrogens with zero attached hydrogens (tertiary/aromatic N) is 4. The van der Waals surface area contributed by atoms with Crippen molar-refractivity contribution in [3.05, 3.63) is 99.9 Å². The van der Waals surface area contributed by atoms with Crippen LogP contribution in [0.2, 0.25) is 0 Å². The Morgan fingerprint density at radius 1 is 1.27 bits per heavy atom. The molecule has 2 atom stereocenters. The van der Waals surface area contributed by atoms with Gasteiger partial charge < -0.3 is 30.4 Å². The Balaban J connectivity index is 0.000000909. The van der Waals surface area contributed by atoms with Crippen molar-refractivity contribution in [2.75, 3.05) is 25.6 Å². The molecule has 1 unspecified atom stereocenters. The fourth-order valence-electron chi connectivity index (χ4n) is 4.05. The van der Waals surface area contributed by atoms with Crippen molar-refractivity contribution < 1.29 is 28.5 Å². The van der Waals surface area contributed by atoms with Gasteiger partial charge in [0.2, 0.25) is 0 Å². The van der Waals surface area contributed by atoms with Crippen LogP contribution >= 0.6 is 0 Å². The summed E-state index contributed by atoms with van der Waals surface area (Å²) in [5, 5.41) is 22.8. The second-order valence-electron chi connectivity index (χ2n) is 8.60. The van der Waals surface area contributed by atoms with Gasteiger partial charge in [0.1, 0.15) is 30.6 Å². The number of carboxylic acid groups (broad SMARTS) is 1. The Kier molecular flexibility index (Phi) is 8.76. The number of nitrogens with one attached hydrogen (secondary N) is 3. The summed E-state index contributed by atoms with van der Waals surface area (Å²) in [6, 6.07) is 6.75. The standard InChI is InChI=1S/C24H23FN8O4.C2H4O2/c1-35-15-11-16(18-17(12-15)36-9-10-37-20(18)25)19(30-14-5-3-13(4-6-14)21(26)27)22-31-24(34)33(32-22)23-28-7-2-8-29-23;1-2(3)4/h2-8,11-12,16,19,30H,9-10H2,1H3,(H3,26,27)(H,31,32,34);1H3,(H,3,4)/t16?,19-;/m0./s1. The molecule has 5 rings (SSSR count). The van der Waals surface area contributed by atoms with E-state index >= 15 is 4.39 Å². The number of carbonyl (C=O) groups is 1. The number of halogens is 1. The number of rotatable bonds is 7. The molecule has 14 nitrogen and oxygen atoms in total. The second-order valence-corrected chi connectivity index (χ2v) is 8.60. The monoisotopic (exact) mass is 566 g/mol. The lowest BCUT2D eigenvalue weighted by Gasteiger charge is -2.30. The van der Waals surface area contributed by atoms with E-state index in [1.54, 1.807) is 42.5 Å². The molecule has 6 N–H and O–H groups in total. The molecule has 1 aliphatic heterocycles. The number of hydrogen-bond acceptors (Lipinski definition) is 10. The number of benzene rings is 1. The first kappa shape index (κ1) is 28.5. The number of nitrogens with two attached hydrogens (primary N) is 1. The van der Waals surface area contributed by atoms with Crippen molar-refractivity contribution in [3.8, 4) is 5.95 Å². The van der Waals surface area contributed by atoms with Crippen LogP contribution in [0.1, 0.15) is 24.4 Å². The van der Waals surface area contributed by atoms with E-state index in [-0.39, 0.29) is 42.2 Å². The zero-order valence-corrected chi connectivity index (χ0v) is 22.0. The van der Waals surface area contributed by atoms with Crippen LogP contribution in [0.3, 0.4) is 0 Å². The van der Waals surface area contributed by atoms with E-state index in [2.05, 4.69) is 25.4 Å². The second kappa shape index (κ2) is 12.6. The predicted octanol–water partition coefficient (Wildman–Crippen LogP) is 2.15. The number of nitrogen functional groups attached to an aromatic ring is 1. The molecule has 1 aromatic carbocycles. The number of methoxy groups -OCH3 is 1. The van der Waals surface area contributed by atoms with Crippen molar-refractivity contribution in [2.45, 2.75) is 13.0 Å². The average molecular weight is 567 g/mol. The molecule has 3 heterocycles. The molecular weight excluding hydrogens is 539 g/mol. The van der Waals surface area contributed by atoms with Gasteiger partial charge in [-0.2, -0.15) is 4.39 Å². The minimum absolute atomic E-state index is 0.0309. The van der Waals surface area contributed by atoms with Crippen LogP contribution in [0.25, 0.3) is 5.95 Å². The number of aromatic amines is 1. The van der Waals surface area contributed by atoms with Crippen molar-refractivity contribution in [2.24, 2.45) is 11.7 Å². The van der Waals surface area contributed by atoms with Gasteiger partial charge in [-0.25, -0.2) is 14.8 Å². The zero-order chi connectivity index (χ0) is 29.5. The molecule has 0 amide bonds. The highest BCUT2D eigenvalue weighted by Gasteiger charge is 2.38. The lowest BCUT2D eigenvalue weighted by atomic mass is 9.85. The van der Waals surface area contributed by atoms with Gasteiger partial charge in [-0.05, 0) is 36.4 Å².